The van der Waals surface area contributed by atoms with Crippen molar-refractivity contribution >= 4 is 31.6 Å². The van der Waals surface area contributed by atoms with Crippen LogP contribution in [0, 0.1) is 0 Å². The fourth-order valence-corrected chi connectivity index (χ4v) is 3.36. The fourth-order valence-electron chi connectivity index (χ4n) is 1.82. The van der Waals surface area contributed by atoms with Crippen molar-refractivity contribution in [3.8, 4) is 5.75 Å². The van der Waals surface area contributed by atoms with Crippen LogP contribution in [0.3, 0.4) is 0 Å². The largest absolute Gasteiger partial charge is 0.495 e. The third-order valence-corrected chi connectivity index (χ3v) is 4.72. The summed E-state index contributed by atoms with van der Waals surface area (Å²) in [5.41, 5.74) is 0.455. The number of anilines is 1. The molecule has 0 fully saturated rings. The van der Waals surface area contributed by atoms with Gasteiger partial charge in [0.05, 0.1) is 18.6 Å². The van der Waals surface area contributed by atoms with E-state index in [2.05, 4.69) is 32.9 Å². The number of unbranched alkanes of at least 4 members (excludes halogenated alkanes) is 1. The van der Waals surface area contributed by atoms with Crippen molar-refractivity contribution in [1.29, 1.82) is 0 Å². The molecular formula is C14H23BrN2O3S. The molecule has 1 rings (SSSR count). The molecule has 7 heteroatoms. The van der Waals surface area contributed by atoms with Gasteiger partial charge in [0.1, 0.15) is 5.75 Å². The van der Waals surface area contributed by atoms with Crippen LogP contribution in [0.4, 0.5) is 5.69 Å². The van der Waals surface area contributed by atoms with Gasteiger partial charge in [0.15, 0.2) is 0 Å². The lowest BCUT2D eigenvalue weighted by Gasteiger charge is -2.12. The first-order valence-electron chi connectivity index (χ1n) is 7.03. The van der Waals surface area contributed by atoms with E-state index >= 15 is 0 Å². The van der Waals surface area contributed by atoms with Gasteiger partial charge in [-0.15, -0.1) is 0 Å². The second-order valence-electron chi connectivity index (χ2n) is 4.72. The molecular weight excluding hydrogens is 356 g/mol. The van der Waals surface area contributed by atoms with E-state index < -0.39 is 10.0 Å². The highest BCUT2D eigenvalue weighted by Crippen LogP contribution is 2.28. The average Bonchev–Trinajstić information content (AvgIpc) is 2.42. The zero-order valence-corrected chi connectivity index (χ0v) is 14.9. The van der Waals surface area contributed by atoms with Crippen LogP contribution in [0.25, 0.3) is 0 Å². The molecule has 120 valence electrons. The Bertz CT molecular complexity index is 535. The third kappa shape index (κ3) is 7.15. The maximum Gasteiger partial charge on any atom is 0.232 e. The Hall–Kier alpha value is -0.790. The highest BCUT2D eigenvalue weighted by molar-refractivity contribution is 9.10. The molecule has 0 bridgehead atoms. The van der Waals surface area contributed by atoms with E-state index in [1.54, 1.807) is 18.2 Å². The zero-order valence-electron chi connectivity index (χ0n) is 12.5. The van der Waals surface area contributed by atoms with Crippen LogP contribution < -0.4 is 14.8 Å². The average molecular weight is 379 g/mol. The van der Waals surface area contributed by atoms with E-state index in [1.807, 2.05) is 0 Å². The highest BCUT2D eigenvalue weighted by Gasteiger charge is 2.13. The van der Waals surface area contributed by atoms with E-state index in [4.69, 9.17) is 4.74 Å². The van der Waals surface area contributed by atoms with Gasteiger partial charge in [-0.3, -0.25) is 4.72 Å². The summed E-state index contributed by atoms with van der Waals surface area (Å²) in [6, 6.07) is 5.21. The Morgan fingerprint density at radius 2 is 2.00 bits per heavy atom. The maximum absolute atomic E-state index is 12.1. The van der Waals surface area contributed by atoms with Gasteiger partial charge in [-0.2, -0.15) is 0 Å². The minimum atomic E-state index is -3.36. The fraction of sp³-hybridized carbons (Fsp3) is 0.571. The van der Waals surface area contributed by atoms with Crippen LogP contribution in [0.2, 0.25) is 0 Å². The van der Waals surface area contributed by atoms with Crippen molar-refractivity contribution in [2.24, 2.45) is 0 Å². The van der Waals surface area contributed by atoms with Gasteiger partial charge in [-0.1, -0.05) is 22.9 Å². The number of ether oxygens (including phenoxy) is 1. The van der Waals surface area contributed by atoms with Crippen LogP contribution in [0.5, 0.6) is 5.75 Å². The monoisotopic (exact) mass is 378 g/mol. The number of methoxy groups -OCH3 is 1. The number of halogens is 1. The topological polar surface area (TPSA) is 67.4 Å². The van der Waals surface area contributed by atoms with E-state index in [0.717, 1.165) is 30.4 Å². The second-order valence-corrected chi connectivity index (χ2v) is 7.48. The van der Waals surface area contributed by atoms with Crippen molar-refractivity contribution < 1.29 is 13.2 Å². The summed E-state index contributed by atoms with van der Waals surface area (Å²) in [5.74, 6) is 0.614. The Labute approximate surface area is 135 Å². The molecule has 0 saturated carbocycles. The van der Waals surface area contributed by atoms with Gasteiger partial charge in [-0.05, 0) is 50.6 Å². The normalized spacial score (nSPS) is 11.4. The summed E-state index contributed by atoms with van der Waals surface area (Å²) in [4.78, 5) is 0. The standard InChI is InChI=1S/C14H23BrN2O3S/c1-3-8-16-9-4-5-10-21(18,19)17-13-11-12(15)6-7-14(13)20-2/h6-7,11,16-17H,3-5,8-10H2,1-2H3. The molecule has 0 aliphatic rings. The van der Waals surface area contributed by atoms with Crippen LogP contribution >= 0.6 is 15.9 Å². The van der Waals surface area contributed by atoms with E-state index in [9.17, 15) is 8.42 Å². The molecule has 0 saturated heterocycles. The molecule has 0 heterocycles. The molecule has 1 aromatic carbocycles. The van der Waals surface area contributed by atoms with Crippen LogP contribution in [-0.2, 0) is 10.0 Å². The van der Waals surface area contributed by atoms with Crippen molar-refractivity contribution in [3.63, 3.8) is 0 Å². The third-order valence-electron chi connectivity index (χ3n) is 2.87. The number of hydrogen-bond acceptors (Lipinski definition) is 4. The van der Waals surface area contributed by atoms with Gasteiger partial charge in [-0.25, -0.2) is 8.42 Å². The number of benzene rings is 1. The summed E-state index contributed by atoms with van der Waals surface area (Å²) in [7, 11) is -1.84. The predicted molar refractivity (Wildman–Crippen MR) is 90.5 cm³/mol. The smallest absolute Gasteiger partial charge is 0.232 e. The first kappa shape index (κ1) is 18.3. The summed E-state index contributed by atoms with van der Waals surface area (Å²) in [5, 5.41) is 3.26. The SMILES string of the molecule is CCCNCCCCS(=O)(=O)Nc1cc(Br)ccc1OC. The molecule has 5 nitrogen and oxygen atoms in total. The van der Waals surface area contributed by atoms with E-state index in [-0.39, 0.29) is 5.75 Å². The number of hydrogen-bond donors (Lipinski definition) is 2. The Morgan fingerprint density at radius 3 is 2.67 bits per heavy atom. The summed E-state index contributed by atoms with van der Waals surface area (Å²) in [6.07, 6.45) is 2.56. The minimum absolute atomic E-state index is 0.108. The molecule has 0 aliphatic carbocycles. The van der Waals surface area contributed by atoms with Gasteiger partial charge in [0.25, 0.3) is 0 Å². The molecule has 0 amide bonds. The number of nitrogens with one attached hydrogen (secondary N) is 2. The molecule has 1 aromatic rings. The highest BCUT2D eigenvalue weighted by atomic mass is 79.9. The van der Waals surface area contributed by atoms with Gasteiger partial charge < -0.3 is 10.1 Å². The molecule has 0 spiro atoms. The van der Waals surface area contributed by atoms with Crippen molar-refractivity contribution in [1.82, 2.24) is 5.32 Å². The molecule has 0 aromatic heterocycles. The Balaban J connectivity index is 2.50. The minimum Gasteiger partial charge on any atom is -0.495 e. The lowest BCUT2D eigenvalue weighted by Crippen LogP contribution is -2.20. The van der Waals surface area contributed by atoms with E-state index in [0.29, 0.717) is 17.9 Å². The Kier molecular flexibility index (Phi) is 8.06. The van der Waals surface area contributed by atoms with Crippen molar-refractivity contribution in [2.45, 2.75) is 26.2 Å². The predicted octanol–water partition coefficient (Wildman–Crippen LogP) is 2.98. The molecule has 0 unspecified atom stereocenters. The van der Waals surface area contributed by atoms with Gasteiger partial charge in [0.2, 0.25) is 10.0 Å². The van der Waals surface area contributed by atoms with Crippen molar-refractivity contribution in [2.75, 3.05) is 30.7 Å². The second kappa shape index (κ2) is 9.27. The van der Waals surface area contributed by atoms with Gasteiger partial charge >= 0.3 is 0 Å². The molecule has 0 aliphatic heterocycles. The quantitative estimate of drug-likeness (QED) is 0.614. The first-order valence-corrected chi connectivity index (χ1v) is 9.47. The maximum atomic E-state index is 12.1. The van der Waals surface area contributed by atoms with Gasteiger partial charge in [0, 0.05) is 4.47 Å². The van der Waals surface area contributed by atoms with E-state index in [1.165, 1.54) is 7.11 Å². The van der Waals surface area contributed by atoms with Crippen molar-refractivity contribution in [3.05, 3.63) is 22.7 Å². The number of rotatable bonds is 10. The Morgan fingerprint density at radius 1 is 1.24 bits per heavy atom. The molecule has 0 atom stereocenters. The number of sulfonamides is 1. The lowest BCUT2D eigenvalue weighted by atomic mass is 10.3. The van der Waals surface area contributed by atoms with Crippen LogP contribution in [0.15, 0.2) is 22.7 Å². The zero-order chi connectivity index (χ0) is 15.7. The van der Waals surface area contributed by atoms with Crippen LogP contribution in [0.1, 0.15) is 26.2 Å². The van der Waals surface area contributed by atoms with Crippen LogP contribution in [-0.4, -0.2) is 34.4 Å². The lowest BCUT2D eigenvalue weighted by molar-refractivity contribution is 0.417. The summed E-state index contributed by atoms with van der Waals surface area (Å²) >= 11 is 3.32. The molecule has 0 radical (unpaired) electrons. The molecule has 21 heavy (non-hydrogen) atoms. The summed E-state index contributed by atoms with van der Waals surface area (Å²) in [6.45, 7) is 3.93. The summed E-state index contributed by atoms with van der Waals surface area (Å²) < 4.78 is 32.7. The molecule has 2 N–H and O–H groups in total. The first-order chi connectivity index (χ1) is 9.98.